The maximum absolute atomic E-state index is 6.26. The maximum Gasteiger partial charge on any atom is 0.173 e. The van der Waals surface area contributed by atoms with Gasteiger partial charge in [-0.3, -0.25) is 0 Å². The summed E-state index contributed by atoms with van der Waals surface area (Å²) < 4.78 is 5.55. The number of piperidine rings is 1. The number of furan rings is 1. The van der Waals surface area contributed by atoms with Gasteiger partial charge in [-0.05, 0) is 87.2 Å². The molecular formula is C22H30ClN3OS. The van der Waals surface area contributed by atoms with Gasteiger partial charge in [0, 0.05) is 23.8 Å². The lowest BCUT2D eigenvalue weighted by Crippen LogP contribution is -2.39. The van der Waals surface area contributed by atoms with Crippen molar-refractivity contribution in [1.82, 2.24) is 9.80 Å². The first-order chi connectivity index (χ1) is 13.5. The van der Waals surface area contributed by atoms with Crippen molar-refractivity contribution in [3.05, 3.63) is 52.9 Å². The minimum Gasteiger partial charge on any atom is -0.467 e. The summed E-state index contributed by atoms with van der Waals surface area (Å²) >= 11 is 12.0. The highest BCUT2D eigenvalue weighted by atomic mass is 35.5. The Bertz CT molecular complexity index is 765. The normalized spacial score (nSPS) is 17.5. The number of nitrogens with one attached hydrogen (secondary N) is 1. The number of likely N-dealkylation sites (tertiary alicyclic amines) is 1. The Balaban J connectivity index is 1.58. The molecule has 1 saturated heterocycles. The summed E-state index contributed by atoms with van der Waals surface area (Å²) in [6, 6.07) is 9.84. The van der Waals surface area contributed by atoms with Gasteiger partial charge in [0.25, 0.3) is 0 Å². The van der Waals surface area contributed by atoms with E-state index >= 15 is 0 Å². The standard InChI is InChI=1S/C22H30ClN3OS/c1-17-6-3-10-25(15-17)11-5-12-26(16-20-7-4-13-27-20)22(28)24-19-9-8-18(2)21(23)14-19/h4,7-9,13-14,17H,3,5-6,10-12,15-16H2,1-2H3,(H,24,28)/t17-/m1/s1. The lowest BCUT2D eigenvalue weighted by atomic mass is 10.0. The fraction of sp³-hybridized carbons (Fsp3) is 0.500. The molecule has 0 spiro atoms. The minimum absolute atomic E-state index is 0.662. The monoisotopic (exact) mass is 419 g/mol. The Labute approximate surface area is 178 Å². The average molecular weight is 420 g/mol. The zero-order valence-electron chi connectivity index (χ0n) is 16.8. The number of halogens is 1. The third-order valence-corrected chi connectivity index (χ3v) is 6.05. The zero-order valence-corrected chi connectivity index (χ0v) is 18.4. The number of thiocarbonyl (C=S) groups is 1. The van der Waals surface area contributed by atoms with Gasteiger partial charge in [0.2, 0.25) is 0 Å². The van der Waals surface area contributed by atoms with Crippen molar-refractivity contribution >= 4 is 34.6 Å². The van der Waals surface area contributed by atoms with Crippen molar-refractivity contribution in [2.75, 3.05) is 31.5 Å². The third kappa shape index (κ3) is 6.23. The third-order valence-electron chi connectivity index (χ3n) is 5.28. The van der Waals surface area contributed by atoms with Crippen molar-refractivity contribution in [2.45, 2.75) is 39.7 Å². The quantitative estimate of drug-likeness (QED) is 0.593. The van der Waals surface area contributed by atoms with Crippen LogP contribution in [0.15, 0.2) is 41.0 Å². The second-order valence-corrected chi connectivity index (χ2v) is 8.59. The summed E-state index contributed by atoms with van der Waals surface area (Å²) in [7, 11) is 0. The molecule has 28 heavy (non-hydrogen) atoms. The van der Waals surface area contributed by atoms with Crippen LogP contribution in [0, 0.1) is 12.8 Å². The van der Waals surface area contributed by atoms with Crippen LogP contribution < -0.4 is 5.32 Å². The van der Waals surface area contributed by atoms with Gasteiger partial charge in [0.05, 0.1) is 12.8 Å². The largest absolute Gasteiger partial charge is 0.467 e. The first-order valence-electron chi connectivity index (χ1n) is 10.1. The number of hydrogen-bond acceptors (Lipinski definition) is 3. The smallest absolute Gasteiger partial charge is 0.173 e. The molecule has 0 unspecified atom stereocenters. The van der Waals surface area contributed by atoms with Crippen LogP contribution in [0.5, 0.6) is 0 Å². The van der Waals surface area contributed by atoms with Crippen molar-refractivity contribution in [3.8, 4) is 0 Å². The lowest BCUT2D eigenvalue weighted by Gasteiger charge is -2.32. The minimum atomic E-state index is 0.662. The van der Waals surface area contributed by atoms with Gasteiger partial charge in [0.15, 0.2) is 5.11 Å². The number of anilines is 1. The fourth-order valence-electron chi connectivity index (χ4n) is 3.69. The van der Waals surface area contributed by atoms with E-state index in [1.165, 1.54) is 25.9 Å². The fourth-order valence-corrected chi connectivity index (χ4v) is 4.15. The molecule has 0 bridgehead atoms. The molecule has 152 valence electrons. The van der Waals surface area contributed by atoms with E-state index in [9.17, 15) is 0 Å². The highest BCUT2D eigenvalue weighted by molar-refractivity contribution is 7.80. The molecule has 0 amide bonds. The van der Waals surface area contributed by atoms with Crippen LogP contribution in [-0.2, 0) is 6.54 Å². The molecule has 1 aromatic carbocycles. The molecule has 0 aliphatic carbocycles. The van der Waals surface area contributed by atoms with E-state index in [0.29, 0.717) is 11.7 Å². The molecular weight excluding hydrogens is 390 g/mol. The summed E-state index contributed by atoms with van der Waals surface area (Å²) in [4.78, 5) is 4.75. The predicted octanol–water partition coefficient (Wildman–Crippen LogP) is 5.56. The van der Waals surface area contributed by atoms with Crippen LogP contribution in [0.4, 0.5) is 5.69 Å². The van der Waals surface area contributed by atoms with E-state index in [4.69, 9.17) is 28.2 Å². The van der Waals surface area contributed by atoms with Crippen molar-refractivity contribution in [3.63, 3.8) is 0 Å². The van der Waals surface area contributed by atoms with E-state index < -0.39 is 0 Å². The number of benzene rings is 1. The Hall–Kier alpha value is -1.56. The van der Waals surface area contributed by atoms with Gasteiger partial charge < -0.3 is 19.5 Å². The maximum atomic E-state index is 6.26. The van der Waals surface area contributed by atoms with Crippen LogP contribution in [0.2, 0.25) is 5.02 Å². The van der Waals surface area contributed by atoms with E-state index in [-0.39, 0.29) is 0 Å². The summed E-state index contributed by atoms with van der Waals surface area (Å²) in [6.07, 6.45) is 5.45. The molecule has 1 fully saturated rings. The van der Waals surface area contributed by atoms with Crippen molar-refractivity contribution in [2.24, 2.45) is 5.92 Å². The Morgan fingerprint density at radius 3 is 2.96 bits per heavy atom. The topological polar surface area (TPSA) is 31.6 Å². The van der Waals surface area contributed by atoms with E-state index in [1.807, 2.05) is 37.3 Å². The van der Waals surface area contributed by atoms with Gasteiger partial charge in [-0.15, -0.1) is 0 Å². The van der Waals surface area contributed by atoms with Crippen LogP contribution in [0.25, 0.3) is 0 Å². The molecule has 1 aliphatic rings. The second kappa shape index (κ2) is 10.3. The predicted molar refractivity (Wildman–Crippen MR) is 121 cm³/mol. The van der Waals surface area contributed by atoms with Crippen molar-refractivity contribution < 1.29 is 4.42 Å². The van der Waals surface area contributed by atoms with Gasteiger partial charge in [0.1, 0.15) is 5.76 Å². The van der Waals surface area contributed by atoms with Gasteiger partial charge in [-0.25, -0.2) is 0 Å². The molecule has 1 atom stereocenters. The SMILES string of the molecule is Cc1ccc(NC(=S)N(CCCN2CCC[C@@H](C)C2)Cc2ccco2)cc1Cl. The number of rotatable bonds is 7. The summed E-state index contributed by atoms with van der Waals surface area (Å²) in [5.74, 6) is 1.72. The first-order valence-corrected chi connectivity index (χ1v) is 10.9. The zero-order chi connectivity index (χ0) is 19.9. The average Bonchev–Trinajstić information content (AvgIpc) is 3.17. The highest BCUT2D eigenvalue weighted by Gasteiger charge is 2.17. The summed E-state index contributed by atoms with van der Waals surface area (Å²) in [5, 5.41) is 4.77. The van der Waals surface area contributed by atoms with Gasteiger partial charge >= 0.3 is 0 Å². The molecule has 0 saturated carbocycles. The van der Waals surface area contributed by atoms with E-state index in [1.54, 1.807) is 6.26 Å². The number of hydrogen-bond donors (Lipinski definition) is 1. The van der Waals surface area contributed by atoms with E-state index in [2.05, 4.69) is 22.0 Å². The molecule has 1 aliphatic heterocycles. The first kappa shape index (κ1) is 21.2. The summed E-state index contributed by atoms with van der Waals surface area (Å²) in [5.41, 5.74) is 1.97. The van der Waals surface area contributed by atoms with Gasteiger partial charge in [-0.2, -0.15) is 0 Å². The van der Waals surface area contributed by atoms with Crippen LogP contribution in [-0.4, -0.2) is 41.1 Å². The molecule has 3 rings (SSSR count). The van der Waals surface area contributed by atoms with Crippen LogP contribution >= 0.6 is 23.8 Å². The Kier molecular flexibility index (Phi) is 7.77. The second-order valence-electron chi connectivity index (χ2n) is 7.80. The molecule has 1 N–H and O–H groups in total. The molecule has 2 aromatic rings. The molecule has 6 heteroatoms. The molecule has 2 heterocycles. The molecule has 1 aromatic heterocycles. The lowest BCUT2D eigenvalue weighted by molar-refractivity contribution is 0.177. The highest BCUT2D eigenvalue weighted by Crippen LogP contribution is 2.21. The van der Waals surface area contributed by atoms with Gasteiger partial charge in [-0.1, -0.05) is 24.6 Å². The Morgan fingerprint density at radius 1 is 1.39 bits per heavy atom. The van der Waals surface area contributed by atoms with Crippen LogP contribution in [0.3, 0.4) is 0 Å². The number of aryl methyl sites for hydroxylation is 1. The summed E-state index contributed by atoms with van der Waals surface area (Å²) in [6.45, 7) is 9.43. The Morgan fingerprint density at radius 2 is 2.25 bits per heavy atom. The van der Waals surface area contributed by atoms with Crippen LogP contribution in [0.1, 0.15) is 37.5 Å². The van der Waals surface area contributed by atoms with E-state index in [0.717, 1.165) is 47.5 Å². The van der Waals surface area contributed by atoms with Crippen molar-refractivity contribution in [1.29, 1.82) is 0 Å². The molecule has 0 radical (unpaired) electrons. The number of nitrogens with zero attached hydrogens (tertiary/aromatic N) is 2. The molecule has 4 nitrogen and oxygen atoms in total.